The molecule has 1 amide bonds. The molecule has 1 aliphatic rings. The predicted molar refractivity (Wildman–Crippen MR) is 69.4 cm³/mol. The van der Waals surface area contributed by atoms with E-state index in [2.05, 4.69) is 5.10 Å². The van der Waals surface area contributed by atoms with Gasteiger partial charge in [-0.25, -0.2) is 5.01 Å². The van der Waals surface area contributed by atoms with Crippen molar-refractivity contribution in [3.05, 3.63) is 42.0 Å². The second kappa shape index (κ2) is 4.95. The van der Waals surface area contributed by atoms with E-state index in [1.165, 1.54) is 5.01 Å². The molecular weight excluding hydrogens is 212 g/mol. The average molecular weight is 228 g/mol. The topological polar surface area (TPSA) is 32.7 Å². The quantitative estimate of drug-likeness (QED) is 0.782. The third-order valence-corrected chi connectivity index (χ3v) is 2.78. The smallest absolute Gasteiger partial charge is 0.251 e. The first-order chi connectivity index (χ1) is 8.18. The number of hydrazone groups is 1. The van der Waals surface area contributed by atoms with Gasteiger partial charge in [0.15, 0.2) is 0 Å². The van der Waals surface area contributed by atoms with Gasteiger partial charge in [0.05, 0.1) is 12.0 Å². The van der Waals surface area contributed by atoms with Crippen LogP contribution in [0.1, 0.15) is 19.4 Å². The van der Waals surface area contributed by atoms with Crippen molar-refractivity contribution < 1.29 is 4.79 Å². The van der Waals surface area contributed by atoms with E-state index in [4.69, 9.17) is 0 Å². The molecule has 0 aromatic heterocycles. The van der Waals surface area contributed by atoms with Crippen LogP contribution in [-0.4, -0.2) is 23.2 Å². The van der Waals surface area contributed by atoms with Crippen molar-refractivity contribution in [2.24, 2.45) is 11.0 Å². The molecule has 0 N–H and O–H groups in total. The van der Waals surface area contributed by atoms with Crippen LogP contribution in [0.4, 0.5) is 0 Å². The van der Waals surface area contributed by atoms with E-state index in [-0.39, 0.29) is 17.9 Å². The Labute approximate surface area is 101 Å². The minimum Gasteiger partial charge on any atom is -0.272 e. The fraction of sp³-hybridized carbons (Fsp3) is 0.286. The monoisotopic (exact) mass is 228 g/mol. The van der Waals surface area contributed by atoms with Crippen molar-refractivity contribution in [1.82, 2.24) is 5.01 Å². The number of carbonyl (C=O) groups excluding carboxylic acids is 1. The molecule has 88 valence electrons. The SMILES string of the molecule is CC1C=NN(C(C)/C=C/c2ccccc2)C1=O. The lowest BCUT2D eigenvalue weighted by Crippen LogP contribution is -2.31. The Bertz CT molecular complexity index is 451. The van der Waals surface area contributed by atoms with Crippen molar-refractivity contribution >= 4 is 18.2 Å². The van der Waals surface area contributed by atoms with Gasteiger partial charge < -0.3 is 0 Å². The summed E-state index contributed by atoms with van der Waals surface area (Å²) in [6.07, 6.45) is 5.69. The van der Waals surface area contributed by atoms with Gasteiger partial charge in [-0.15, -0.1) is 0 Å². The number of hydrogen-bond donors (Lipinski definition) is 0. The molecule has 1 aromatic rings. The molecule has 2 unspecified atom stereocenters. The van der Waals surface area contributed by atoms with Gasteiger partial charge in [-0.2, -0.15) is 5.10 Å². The summed E-state index contributed by atoms with van der Waals surface area (Å²) in [5.74, 6) is -0.0298. The largest absolute Gasteiger partial charge is 0.272 e. The Kier molecular flexibility index (Phi) is 3.38. The van der Waals surface area contributed by atoms with E-state index in [1.54, 1.807) is 6.21 Å². The fourth-order valence-corrected chi connectivity index (χ4v) is 1.70. The Hall–Kier alpha value is -1.90. The van der Waals surface area contributed by atoms with Crippen LogP contribution in [0.15, 0.2) is 41.5 Å². The summed E-state index contributed by atoms with van der Waals surface area (Å²) in [7, 11) is 0. The van der Waals surface area contributed by atoms with Gasteiger partial charge in [0.1, 0.15) is 0 Å². The maximum absolute atomic E-state index is 11.7. The molecule has 0 bridgehead atoms. The van der Waals surface area contributed by atoms with Gasteiger partial charge in [0, 0.05) is 6.21 Å². The number of amides is 1. The molecule has 0 aliphatic carbocycles. The summed E-state index contributed by atoms with van der Waals surface area (Å²) in [6.45, 7) is 3.83. The van der Waals surface area contributed by atoms with Crippen LogP contribution in [0.25, 0.3) is 6.08 Å². The highest BCUT2D eigenvalue weighted by molar-refractivity contribution is 5.97. The third-order valence-electron chi connectivity index (χ3n) is 2.78. The summed E-state index contributed by atoms with van der Waals surface area (Å²) in [6, 6.07) is 10.0. The lowest BCUT2D eigenvalue weighted by Gasteiger charge is -2.18. The van der Waals surface area contributed by atoms with E-state index in [1.807, 2.05) is 56.3 Å². The molecule has 2 atom stereocenters. The second-order valence-electron chi connectivity index (χ2n) is 4.25. The molecule has 2 rings (SSSR count). The maximum atomic E-state index is 11.7. The first-order valence-electron chi connectivity index (χ1n) is 5.79. The molecule has 1 aromatic carbocycles. The highest BCUT2D eigenvalue weighted by Gasteiger charge is 2.27. The minimum absolute atomic E-state index is 0.0103. The summed E-state index contributed by atoms with van der Waals surface area (Å²) >= 11 is 0. The van der Waals surface area contributed by atoms with E-state index in [0.29, 0.717) is 0 Å². The van der Waals surface area contributed by atoms with Gasteiger partial charge in [-0.3, -0.25) is 4.79 Å². The van der Waals surface area contributed by atoms with Crippen molar-refractivity contribution in [3.8, 4) is 0 Å². The van der Waals surface area contributed by atoms with Crippen LogP contribution >= 0.6 is 0 Å². The van der Waals surface area contributed by atoms with Gasteiger partial charge in [-0.1, -0.05) is 42.5 Å². The zero-order valence-corrected chi connectivity index (χ0v) is 10.1. The van der Waals surface area contributed by atoms with Gasteiger partial charge >= 0.3 is 0 Å². The Morgan fingerprint density at radius 1 is 1.35 bits per heavy atom. The number of carbonyl (C=O) groups is 1. The molecular formula is C14H16N2O. The van der Waals surface area contributed by atoms with Crippen molar-refractivity contribution in [2.45, 2.75) is 19.9 Å². The molecule has 3 heteroatoms. The van der Waals surface area contributed by atoms with Gasteiger partial charge in [0.2, 0.25) is 0 Å². The van der Waals surface area contributed by atoms with E-state index in [9.17, 15) is 4.79 Å². The molecule has 0 saturated carbocycles. The average Bonchev–Trinajstić information content (AvgIpc) is 2.69. The van der Waals surface area contributed by atoms with Crippen LogP contribution in [0.5, 0.6) is 0 Å². The van der Waals surface area contributed by atoms with E-state index >= 15 is 0 Å². The van der Waals surface area contributed by atoms with Crippen LogP contribution in [0, 0.1) is 5.92 Å². The number of rotatable bonds is 3. The highest BCUT2D eigenvalue weighted by Crippen LogP contribution is 2.14. The van der Waals surface area contributed by atoms with Crippen molar-refractivity contribution in [1.29, 1.82) is 0 Å². The predicted octanol–water partition coefficient (Wildman–Crippen LogP) is 2.55. The molecule has 1 heterocycles. The van der Waals surface area contributed by atoms with Crippen molar-refractivity contribution in [3.63, 3.8) is 0 Å². The lowest BCUT2D eigenvalue weighted by molar-refractivity contribution is -0.132. The Morgan fingerprint density at radius 3 is 2.65 bits per heavy atom. The third kappa shape index (κ3) is 2.61. The fourth-order valence-electron chi connectivity index (χ4n) is 1.70. The van der Waals surface area contributed by atoms with E-state index in [0.717, 1.165) is 5.56 Å². The number of nitrogens with zero attached hydrogens (tertiary/aromatic N) is 2. The van der Waals surface area contributed by atoms with Gasteiger partial charge in [-0.05, 0) is 19.4 Å². The van der Waals surface area contributed by atoms with Crippen LogP contribution in [-0.2, 0) is 4.79 Å². The molecule has 0 saturated heterocycles. The first kappa shape index (κ1) is 11.6. The first-order valence-corrected chi connectivity index (χ1v) is 5.79. The van der Waals surface area contributed by atoms with Gasteiger partial charge in [0.25, 0.3) is 5.91 Å². The van der Waals surface area contributed by atoms with Crippen LogP contribution < -0.4 is 0 Å². The number of benzene rings is 1. The highest BCUT2D eigenvalue weighted by atomic mass is 16.2. The molecule has 1 aliphatic heterocycles. The van der Waals surface area contributed by atoms with E-state index < -0.39 is 0 Å². The summed E-state index contributed by atoms with van der Waals surface area (Å²) in [5.41, 5.74) is 1.13. The number of hydrogen-bond acceptors (Lipinski definition) is 2. The normalized spacial score (nSPS) is 21.4. The minimum atomic E-state index is -0.0948. The zero-order chi connectivity index (χ0) is 12.3. The van der Waals surface area contributed by atoms with Crippen LogP contribution in [0.2, 0.25) is 0 Å². The molecule has 0 fully saturated rings. The molecule has 3 nitrogen and oxygen atoms in total. The summed E-state index contributed by atoms with van der Waals surface area (Å²) < 4.78 is 0. The van der Waals surface area contributed by atoms with Crippen LogP contribution in [0.3, 0.4) is 0 Å². The Balaban J connectivity index is 2.03. The molecule has 0 spiro atoms. The summed E-state index contributed by atoms with van der Waals surface area (Å²) in [4.78, 5) is 11.7. The van der Waals surface area contributed by atoms with Crippen molar-refractivity contribution in [2.75, 3.05) is 0 Å². The Morgan fingerprint density at radius 2 is 2.06 bits per heavy atom. The summed E-state index contributed by atoms with van der Waals surface area (Å²) in [5, 5.41) is 5.65. The zero-order valence-electron chi connectivity index (χ0n) is 10.1. The lowest BCUT2D eigenvalue weighted by atomic mass is 10.1. The molecule has 17 heavy (non-hydrogen) atoms. The standard InChI is InChI=1S/C14H16N2O/c1-11-10-15-16(14(11)17)12(2)8-9-13-6-4-3-5-7-13/h3-12H,1-2H3/b9-8+. The second-order valence-corrected chi connectivity index (χ2v) is 4.25. The molecule has 0 radical (unpaired) electrons. The maximum Gasteiger partial charge on any atom is 0.251 e.